The summed E-state index contributed by atoms with van der Waals surface area (Å²) in [5.41, 5.74) is 1.38. The van der Waals surface area contributed by atoms with Gasteiger partial charge >= 0.3 is 0 Å². The molecule has 1 aromatic heterocycles. The van der Waals surface area contributed by atoms with Crippen LogP contribution >= 0.6 is 11.3 Å². The number of aromatic nitrogens is 1. The fourth-order valence-corrected chi connectivity index (χ4v) is 1.84. The summed E-state index contributed by atoms with van der Waals surface area (Å²) in [5.74, 6) is 0. The van der Waals surface area contributed by atoms with Crippen molar-refractivity contribution in [2.45, 2.75) is 0 Å². The van der Waals surface area contributed by atoms with Crippen molar-refractivity contribution in [1.82, 2.24) is 4.98 Å². The molecule has 0 bridgehead atoms. The second-order valence-electron chi connectivity index (χ2n) is 2.43. The lowest BCUT2D eigenvalue weighted by molar-refractivity contribution is 1.40. The van der Waals surface area contributed by atoms with Crippen LogP contribution in [0.3, 0.4) is 0 Å². The number of rotatable bonds is 0. The summed E-state index contributed by atoms with van der Waals surface area (Å²) in [6, 6.07) is 9.22. The van der Waals surface area contributed by atoms with Crippen LogP contribution < -0.4 is 0 Å². The minimum atomic E-state index is 0.435. The van der Waals surface area contributed by atoms with Gasteiger partial charge in [0.15, 0.2) is 5.01 Å². The first-order valence-corrected chi connectivity index (χ1v) is 4.36. The molecule has 13 heavy (non-hydrogen) atoms. The summed E-state index contributed by atoms with van der Waals surface area (Å²) < 4.78 is 0.885. The molecule has 0 amide bonds. The topological polar surface area (TPSA) is 60.5 Å². The maximum atomic E-state index is 8.63. The standard InChI is InChI=1S/C9H3N3S/c10-4-6-1-2-7-8(3-6)13-9(5-11)12-7/h1-3H. The highest BCUT2D eigenvalue weighted by atomic mass is 32.1. The Morgan fingerprint density at radius 2 is 2.08 bits per heavy atom. The predicted octanol–water partition coefficient (Wildman–Crippen LogP) is 2.04. The van der Waals surface area contributed by atoms with E-state index in [1.165, 1.54) is 11.3 Å². The maximum absolute atomic E-state index is 8.63. The van der Waals surface area contributed by atoms with Gasteiger partial charge in [-0.25, -0.2) is 4.98 Å². The van der Waals surface area contributed by atoms with E-state index in [-0.39, 0.29) is 0 Å². The van der Waals surface area contributed by atoms with Crippen LogP contribution in [0.1, 0.15) is 10.6 Å². The van der Waals surface area contributed by atoms with Gasteiger partial charge in [0, 0.05) is 0 Å². The molecule has 3 nitrogen and oxygen atoms in total. The highest BCUT2D eigenvalue weighted by molar-refractivity contribution is 7.19. The molecule has 0 N–H and O–H groups in total. The van der Waals surface area contributed by atoms with Gasteiger partial charge < -0.3 is 0 Å². The van der Waals surface area contributed by atoms with Crippen molar-refractivity contribution in [2.24, 2.45) is 0 Å². The largest absolute Gasteiger partial charge is 0.226 e. The van der Waals surface area contributed by atoms with Gasteiger partial charge in [0.2, 0.25) is 0 Å². The lowest BCUT2D eigenvalue weighted by atomic mass is 10.2. The Hall–Kier alpha value is -1.91. The highest BCUT2D eigenvalue weighted by Crippen LogP contribution is 2.22. The van der Waals surface area contributed by atoms with Crippen molar-refractivity contribution in [3.8, 4) is 12.1 Å². The predicted molar refractivity (Wildman–Crippen MR) is 49.1 cm³/mol. The van der Waals surface area contributed by atoms with Gasteiger partial charge in [-0.2, -0.15) is 10.5 Å². The van der Waals surface area contributed by atoms with E-state index in [1.54, 1.807) is 18.2 Å². The fraction of sp³-hybridized carbons (Fsp3) is 0. The van der Waals surface area contributed by atoms with Gasteiger partial charge in [-0.15, -0.1) is 11.3 Å². The molecule has 60 valence electrons. The molecule has 0 aliphatic heterocycles. The second-order valence-corrected chi connectivity index (χ2v) is 3.46. The lowest BCUT2D eigenvalue weighted by Crippen LogP contribution is -1.72. The van der Waals surface area contributed by atoms with E-state index in [0.717, 1.165) is 10.2 Å². The summed E-state index contributed by atoms with van der Waals surface area (Å²) in [5, 5.41) is 17.7. The quantitative estimate of drug-likeness (QED) is 0.631. The van der Waals surface area contributed by atoms with Crippen LogP contribution in [0, 0.1) is 22.7 Å². The molecule has 4 heteroatoms. The van der Waals surface area contributed by atoms with E-state index in [1.807, 2.05) is 12.1 Å². The molecule has 0 saturated carbocycles. The molecule has 0 atom stereocenters. The van der Waals surface area contributed by atoms with Crippen LogP contribution in [0.5, 0.6) is 0 Å². The highest BCUT2D eigenvalue weighted by Gasteiger charge is 2.02. The number of thiazole rings is 1. The van der Waals surface area contributed by atoms with E-state index < -0.39 is 0 Å². The summed E-state index contributed by atoms with van der Waals surface area (Å²) in [6.07, 6.45) is 0. The van der Waals surface area contributed by atoms with Gasteiger partial charge in [0.05, 0.1) is 21.8 Å². The van der Waals surface area contributed by atoms with Crippen molar-refractivity contribution in [2.75, 3.05) is 0 Å². The minimum Gasteiger partial charge on any atom is -0.226 e. The summed E-state index contributed by atoms with van der Waals surface area (Å²) >= 11 is 1.30. The zero-order valence-corrected chi connectivity index (χ0v) is 7.30. The number of benzene rings is 1. The zero-order chi connectivity index (χ0) is 9.26. The lowest BCUT2D eigenvalue weighted by Gasteiger charge is -1.86. The molecular weight excluding hydrogens is 182 g/mol. The Kier molecular flexibility index (Phi) is 1.70. The van der Waals surface area contributed by atoms with Gasteiger partial charge in [0.1, 0.15) is 6.07 Å². The Morgan fingerprint density at radius 3 is 2.77 bits per heavy atom. The van der Waals surface area contributed by atoms with Gasteiger partial charge in [-0.1, -0.05) is 0 Å². The molecule has 0 fully saturated rings. The molecule has 0 radical (unpaired) electrons. The first-order valence-electron chi connectivity index (χ1n) is 3.54. The summed E-state index contributed by atoms with van der Waals surface area (Å²) in [4.78, 5) is 4.05. The Balaban J connectivity index is 2.74. The Morgan fingerprint density at radius 1 is 1.23 bits per heavy atom. The minimum absolute atomic E-state index is 0.435. The third-order valence-corrected chi connectivity index (χ3v) is 2.54. The van der Waals surface area contributed by atoms with Gasteiger partial charge in [-0.3, -0.25) is 0 Å². The second kappa shape index (κ2) is 2.85. The van der Waals surface area contributed by atoms with Crippen LogP contribution in [0.25, 0.3) is 10.2 Å². The molecule has 0 saturated heterocycles. The van der Waals surface area contributed by atoms with E-state index in [4.69, 9.17) is 10.5 Å². The van der Waals surface area contributed by atoms with Crippen molar-refractivity contribution in [1.29, 1.82) is 10.5 Å². The van der Waals surface area contributed by atoms with Crippen LogP contribution in [0.2, 0.25) is 0 Å². The van der Waals surface area contributed by atoms with Crippen molar-refractivity contribution < 1.29 is 0 Å². The molecule has 2 aromatic rings. The number of fused-ring (bicyclic) bond motifs is 1. The van der Waals surface area contributed by atoms with E-state index in [0.29, 0.717) is 10.6 Å². The van der Waals surface area contributed by atoms with Crippen LogP contribution in [0.15, 0.2) is 18.2 Å². The summed E-state index contributed by atoms with van der Waals surface area (Å²) in [7, 11) is 0. The Labute approximate surface area is 78.5 Å². The molecule has 0 spiro atoms. The summed E-state index contributed by atoms with van der Waals surface area (Å²) in [6.45, 7) is 0. The van der Waals surface area contributed by atoms with Crippen molar-refractivity contribution >= 4 is 21.6 Å². The number of hydrogen-bond acceptors (Lipinski definition) is 4. The van der Waals surface area contributed by atoms with Gasteiger partial charge in [0.25, 0.3) is 0 Å². The van der Waals surface area contributed by atoms with Gasteiger partial charge in [-0.05, 0) is 18.2 Å². The Bertz CT molecular complexity index is 530. The monoisotopic (exact) mass is 185 g/mol. The first-order chi connectivity index (χ1) is 6.33. The molecule has 0 unspecified atom stereocenters. The molecule has 0 aliphatic rings. The normalized spacial score (nSPS) is 9.38. The average molecular weight is 185 g/mol. The molecule has 2 rings (SSSR count). The van der Waals surface area contributed by atoms with Crippen LogP contribution in [0.4, 0.5) is 0 Å². The molecular formula is C9H3N3S. The van der Waals surface area contributed by atoms with Crippen LogP contribution in [-0.2, 0) is 0 Å². The molecule has 1 aromatic carbocycles. The average Bonchev–Trinajstić information content (AvgIpc) is 2.58. The van der Waals surface area contributed by atoms with Crippen molar-refractivity contribution in [3.63, 3.8) is 0 Å². The number of nitriles is 2. The SMILES string of the molecule is N#Cc1ccc2nc(C#N)sc2c1. The molecule has 1 heterocycles. The fourth-order valence-electron chi connectivity index (χ4n) is 1.04. The van der Waals surface area contributed by atoms with E-state index in [9.17, 15) is 0 Å². The zero-order valence-electron chi connectivity index (χ0n) is 6.48. The smallest absolute Gasteiger partial charge is 0.195 e. The van der Waals surface area contributed by atoms with Crippen LogP contribution in [-0.4, -0.2) is 4.98 Å². The maximum Gasteiger partial charge on any atom is 0.195 e. The number of hydrogen-bond donors (Lipinski definition) is 0. The third-order valence-electron chi connectivity index (χ3n) is 1.61. The van der Waals surface area contributed by atoms with E-state index >= 15 is 0 Å². The third kappa shape index (κ3) is 1.24. The first kappa shape index (κ1) is 7.72. The number of nitrogens with zero attached hydrogens (tertiary/aromatic N) is 3. The van der Waals surface area contributed by atoms with Crippen molar-refractivity contribution in [3.05, 3.63) is 28.8 Å². The van der Waals surface area contributed by atoms with E-state index in [2.05, 4.69) is 4.98 Å². The molecule has 0 aliphatic carbocycles.